The largest absolute Gasteiger partial charge is 0.497 e. The fourth-order valence-electron chi connectivity index (χ4n) is 1.25. The average Bonchev–Trinajstić information content (AvgIpc) is 2.36. The van der Waals surface area contributed by atoms with Crippen LogP contribution in [0.4, 0.5) is 0 Å². The molecule has 17 heavy (non-hydrogen) atoms. The van der Waals surface area contributed by atoms with Crippen molar-refractivity contribution in [2.24, 2.45) is 0 Å². The van der Waals surface area contributed by atoms with Crippen molar-refractivity contribution in [3.63, 3.8) is 0 Å². The molecule has 0 saturated carbocycles. The van der Waals surface area contributed by atoms with Crippen molar-refractivity contribution in [2.45, 2.75) is 13.0 Å². The molecule has 0 atom stereocenters. The van der Waals surface area contributed by atoms with Crippen molar-refractivity contribution in [1.29, 1.82) is 0 Å². The van der Waals surface area contributed by atoms with Crippen LogP contribution in [-0.4, -0.2) is 26.1 Å². The van der Waals surface area contributed by atoms with Gasteiger partial charge in [-0.1, -0.05) is 12.1 Å². The molecule has 0 unspecified atom stereocenters. The van der Waals surface area contributed by atoms with Gasteiger partial charge in [-0.05, 0) is 17.7 Å². The van der Waals surface area contributed by atoms with Crippen molar-refractivity contribution in [3.05, 3.63) is 29.8 Å². The summed E-state index contributed by atoms with van der Waals surface area (Å²) in [5.74, 6) is -0.183. The van der Waals surface area contributed by atoms with Gasteiger partial charge in [-0.25, -0.2) is 0 Å². The maximum Gasteiger partial charge on any atom is 0.315 e. The Hall–Kier alpha value is -2.04. The topological polar surface area (TPSA) is 64.6 Å². The summed E-state index contributed by atoms with van der Waals surface area (Å²) in [6, 6.07) is 7.33. The summed E-state index contributed by atoms with van der Waals surface area (Å²) in [4.78, 5) is 22.1. The number of methoxy groups -OCH3 is 2. The summed E-state index contributed by atoms with van der Waals surface area (Å²) in [5, 5.41) is 2.62. The third kappa shape index (κ3) is 4.55. The summed E-state index contributed by atoms with van der Waals surface area (Å²) in [7, 11) is 2.83. The fourth-order valence-corrected chi connectivity index (χ4v) is 1.25. The first-order valence-electron chi connectivity index (χ1n) is 5.12. The second kappa shape index (κ2) is 6.52. The van der Waals surface area contributed by atoms with Crippen LogP contribution in [0.5, 0.6) is 5.75 Å². The van der Waals surface area contributed by atoms with E-state index < -0.39 is 5.97 Å². The number of carbonyl (C=O) groups excluding carboxylic acids is 2. The molecule has 0 saturated heterocycles. The Kier molecular flexibility index (Phi) is 5.00. The van der Waals surface area contributed by atoms with Crippen molar-refractivity contribution in [2.75, 3.05) is 14.2 Å². The third-order valence-electron chi connectivity index (χ3n) is 2.16. The summed E-state index contributed by atoms with van der Waals surface area (Å²) in [6.45, 7) is 0.354. The van der Waals surface area contributed by atoms with Crippen LogP contribution in [0.2, 0.25) is 0 Å². The van der Waals surface area contributed by atoms with Crippen molar-refractivity contribution in [3.8, 4) is 5.75 Å². The Morgan fingerprint density at radius 1 is 1.29 bits per heavy atom. The van der Waals surface area contributed by atoms with Gasteiger partial charge in [-0.3, -0.25) is 9.59 Å². The first kappa shape index (κ1) is 13.0. The van der Waals surface area contributed by atoms with Crippen LogP contribution in [-0.2, 0) is 20.9 Å². The van der Waals surface area contributed by atoms with E-state index in [0.29, 0.717) is 6.54 Å². The molecule has 0 spiro atoms. The summed E-state index contributed by atoms with van der Waals surface area (Å²) >= 11 is 0. The molecule has 1 aromatic rings. The molecule has 92 valence electrons. The van der Waals surface area contributed by atoms with Gasteiger partial charge in [0.25, 0.3) is 0 Å². The molecular formula is C12H15NO4. The number of esters is 1. The lowest BCUT2D eigenvalue weighted by Crippen LogP contribution is -2.25. The average molecular weight is 237 g/mol. The SMILES string of the molecule is COC(=O)CC(=O)NCc1cccc(OC)c1. The second-order valence-electron chi connectivity index (χ2n) is 3.38. The monoisotopic (exact) mass is 237 g/mol. The van der Waals surface area contributed by atoms with E-state index in [2.05, 4.69) is 10.1 Å². The van der Waals surface area contributed by atoms with E-state index in [9.17, 15) is 9.59 Å². The zero-order valence-corrected chi connectivity index (χ0v) is 9.86. The molecule has 0 aromatic heterocycles. The van der Waals surface area contributed by atoms with Gasteiger partial charge in [0.2, 0.25) is 5.91 Å². The summed E-state index contributed by atoms with van der Waals surface area (Å²) in [6.07, 6.45) is -0.263. The number of ether oxygens (including phenoxy) is 2. The predicted octanol–water partition coefficient (Wildman–Crippen LogP) is 0.874. The van der Waals surface area contributed by atoms with Crippen molar-refractivity contribution < 1.29 is 19.1 Å². The fraction of sp³-hybridized carbons (Fsp3) is 0.333. The zero-order valence-electron chi connectivity index (χ0n) is 9.86. The number of benzene rings is 1. The predicted molar refractivity (Wildman–Crippen MR) is 61.5 cm³/mol. The van der Waals surface area contributed by atoms with Crippen molar-refractivity contribution in [1.82, 2.24) is 5.32 Å². The molecule has 0 heterocycles. The Morgan fingerprint density at radius 3 is 2.71 bits per heavy atom. The Morgan fingerprint density at radius 2 is 2.06 bits per heavy atom. The normalized spacial score (nSPS) is 9.53. The minimum absolute atomic E-state index is 0.263. The van der Waals surface area contributed by atoms with Crippen LogP contribution < -0.4 is 10.1 Å². The van der Waals surface area contributed by atoms with Gasteiger partial charge in [0.05, 0.1) is 14.2 Å². The highest BCUT2D eigenvalue weighted by atomic mass is 16.5. The third-order valence-corrected chi connectivity index (χ3v) is 2.16. The summed E-state index contributed by atoms with van der Waals surface area (Å²) < 4.78 is 9.45. The van der Waals surface area contributed by atoms with E-state index in [1.165, 1.54) is 7.11 Å². The molecule has 1 amide bonds. The van der Waals surface area contributed by atoms with E-state index >= 15 is 0 Å². The number of nitrogens with one attached hydrogen (secondary N) is 1. The minimum Gasteiger partial charge on any atom is -0.497 e. The van der Waals surface area contributed by atoms with E-state index in [4.69, 9.17) is 4.74 Å². The zero-order chi connectivity index (χ0) is 12.7. The molecule has 0 bridgehead atoms. The molecule has 0 aliphatic rings. The lowest BCUT2D eigenvalue weighted by atomic mass is 10.2. The lowest BCUT2D eigenvalue weighted by Gasteiger charge is -2.06. The van der Waals surface area contributed by atoms with Gasteiger partial charge >= 0.3 is 5.97 Å². The standard InChI is InChI=1S/C12H15NO4/c1-16-10-5-3-4-9(6-10)8-13-11(14)7-12(15)17-2/h3-6H,7-8H2,1-2H3,(H,13,14). The Balaban J connectivity index is 2.44. The highest BCUT2D eigenvalue weighted by molar-refractivity contribution is 5.94. The maximum atomic E-state index is 11.3. The first-order valence-corrected chi connectivity index (χ1v) is 5.12. The number of rotatable bonds is 5. The number of carbonyl (C=O) groups is 2. The van der Waals surface area contributed by atoms with Crippen LogP contribution in [0.3, 0.4) is 0 Å². The maximum absolute atomic E-state index is 11.3. The highest BCUT2D eigenvalue weighted by Crippen LogP contribution is 2.12. The molecule has 5 heteroatoms. The molecule has 0 aliphatic carbocycles. The second-order valence-corrected chi connectivity index (χ2v) is 3.38. The molecule has 0 fully saturated rings. The van der Waals surface area contributed by atoms with Crippen LogP contribution in [0.1, 0.15) is 12.0 Å². The van der Waals surface area contributed by atoms with Gasteiger partial charge in [-0.2, -0.15) is 0 Å². The number of hydrogen-bond donors (Lipinski definition) is 1. The van der Waals surface area contributed by atoms with Crippen molar-refractivity contribution >= 4 is 11.9 Å². The van der Waals surface area contributed by atoms with E-state index in [0.717, 1.165) is 11.3 Å². The summed E-state index contributed by atoms with van der Waals surface area (Å²) in [5.41, 5.74) is 0.905. The highest BCUT2D eigenvalue weighted by Gasteiger charge is 2.08. The molecule has 0 radical (unpaired) electrons. The van der Waals surface area contributed by atoms with Gasteiger partial charge in [-0.15, -0.1) is 0 Å². The quantitative estimate of drug-likeness (QED) is 0.609. The van der Waals surface area contributed by atoms with Crippen LogP contribution >= 0.6 is 0 Å². The van der Waals surface area contributed by atoms with Gasteiger partial charge in [0, 0.05) is 6.54 Å². The van der Waals surface area contributed by atoms with Crippen LogP contribution in [0.25, 0.3) is 0 Å². The van der Waals surface area contributed by atoms with Gasteiger partial charge in [0.1, 0.15) is 12.2 Å². The molecule has 5 nitrogen and oxygen atoms in total. The van der Waals surface area contributed by atoms with Crippen LogP contribution in [0, 0.1) is 0 Å². The molecule has 1 aromatic carbocycles. The molecule has 0 aliphatic heterocycles. The van der Waals surface area contributed by atoms with E-state index in [1.54, 1.807) is 7.11 Å². The number of hydrogen-bond acceptors (Lipinski definition) is 4. The molecule has 1 N–H and O–H groups in total. The van der Waals surface area contributed by atoms with E-state index in [-0.39, 0.29) is 12.3 Å². The molecule has 1 rings (SSSR count). The van der Waals surface area contributed by atoms with E-state index in [1.807, 2.05) is 24.3 Å². The first-order chi connectivity index (χ1) is 8.15. The lowest BCUT2D eigenvalue weighted by molar-refractivity contribution is -0.143. The van der Waals surface area contributed by atoms with Gasteiger partial charge in [0.15, 0.2) is 0 Å². The smallest absolute Gasteiger partial charge is 0.315 e. The molecular weight excluding hydrogens is 222 g/mol. The van der Waals surface area contributed by atoms with Crippen LogP contribution in [0.15, 0.2) is 24.3 Å². The Bertz CT molecular complexity index is 403. The Labute approximate surface area is 99.7 Å². The minimum atomic E-state index is -0.548. The number of amides is 1. The van der Waals surface area contributed by atoms with Gasteiger partial charge < -0.3 is 14.8 Å².